The molecule has 11 heteroatoms. The van der Waals surface area contributed by atoms with Gasteiger partial charge in [0.1, 0.15) is 12.8 Å². The minimum atomic E-state index is -4.94. The Morgan fingerprint density at radius 2 is 1.85 bits per heavy atom. The number of allylic oxidation sites excluding steroid dienone is 1. The zero-order chi connectivity index (χ0) is 20.0. The van der Waals surface area contributed by atoms with Crippen molar-refractivity contribution < 1.29 is 31.1 Å². The van der Waals surface area contributed by atoms with Crippen LogP contribution in [-0.2, 0) is 10.9 Å². The van der Waals surface area contributed by atoms with Crippen molar-refractivity contribution >= 4 is 11.6 Å². The monoisotopic (exact) mass is 376 g/mol. The molecule has 5 nitrogen and oxygen atoms in total. The van der Waals surface area contributed by atoms with Crippen LogP contribution in [0.15, 0.2) is 30.5 Å². The predicted octanol–water partition coefficient (Wildman–Crippen LogP) is 3.98. The number of nitrogens with zero attached hydrogens (tertiary/aromatic N) is 3. The van der Waals surface area contributed by atoms with Crippen molar-refractivity contribution in [2.24, 2.45) is 0 Å². The van der Waals surface area contributed by atoms with E-state index in [1.165, 1.54) is 12.1 Å². The second-order valence-electron chi connectivity index (χ2n) is 4.78. The van der Waals surface area contributed by atoms with Crippen LogP contribution in [0.25, 0.3) is 0 Å². The normalized spacial score (nSPS) is 11.7. The van der Waals surface area contributed by atoms with E-state index in [9.17, 15) is 26.3 Å². The van der Waals surface area contributed by atoms with E-state index in [1.54, 1.807) is 0 Å². The zero-order valence-corrected chi connectivity index (χ0v) is 12.8. The highest BCUT2D eigenvalue weighted by atomic mass is 19.4. The molecule has 0 fully saturated rings. The Balaban J connectivity index is 3.23. The average Bonchev–Trinajstić information content (AvgIpc) is 2.51. The smallest absolute Gasteiger partial charge is 0.417 e. The number of hydrogen-bond acceptors (Lipinski definition) is 5. The van der Waals surface area contributed by atoms with E-state index in [4.69, 9.17) is 15.9 Å². The molecule has 1 aromatic carbocycles. The largest absolute Gasteiger partial charge is 0.449 e. The minimum Gasteiger partial charge on any atom is -0.449 e. The third-order valence-corrected chi connectivity index (χ3v) is 2.85. The van der Waals surface area contributed by atoms with Crippen LogP contribution in [-0.4, -0.2) is 25.2 Å². The quantitative estimate of drug-likeness (QED) is 0.277. The van der Waals surface area contributed by atoms with Crippen LogP contribution < -0.4 is 4.90 Å². The van der Waals surface area contributed by atoms with Gasteiger partial charge in [0.2, 0.25) is 5.90 Å². The lowest BCUT2D eigenvalue weighted by molar-refractivity contribution is -0.137. The summed E-state index contributed by atoms with van der Waals surface area (Å²) in [5.74, 6) is -0.723. The van der Waals surface area contributed by atoms with Gasteiger partial charge in [-0.15, -0.1) is 0 Å². The summed E-state index contributed by atoms with van der Waals surface area (Å²) in [4.78, 5) is 0.443. The molecule has 0 aliphatic carbocycles. The fourth-order valence-electron chi connectivity index (χ4n) is 1.87. The number of nitriles is 2. The minimum absolute atomic E-state index is 0.405. The molecule has 0 radical (unpaired) electrons. The van der Waals surface area contributed by atoms with Crippen LogP contribution in [0, 0.1) is 28.1 Å². The van der Waals surface area contributed by atoms with Crippen LogP contribution in [0.4, 0.5) is 32.0 Å². The maximum Gasteiger partial charge on any atom is 0.417 e. The molecule has 0 spiro atoms. The van der Waals surface area contributed by atoms with Gasteiger partial charge in [-0.05, 0) is 18.2 Å². The van der Waals surface area contributed by atoms with E-state index < -0.39 is 48.2 Å². The molecule has 0 bridgehead atoms. The van der Waals surface area contributed by atoms with Gasteiger partial charge in [-0.25, -0.2) is 0 Å². The molecule has 138 valence electrons. The van der Waals surface area contributed by atoms with Gasteiger partial charge in [0.05, 0.1) is 35.9 Å². The molecule has 0 unspecified atom stereocenters. The molecule has 0 aliphatic rings. The Morgan fingerprint density at radius 1 is 1.19 bits per heavy atom. The second kappa shape index (κ2) is 8.25. The fourth-order valence-corrected chi connectivity index (χ4v) is 1.87. The molecular weight excluding hydrogens is 366 g/mol. The van der Waals surface area contributed by atoms with Crippen molar-refractivity contribution in [3.05, 3.63) is 41.7 Å². The predicted molar refractivity (Wildman–Crippen MR) is 78.0 cm³/mol. The Morgan fingerprint density at radius 3 is 2.35 bits per heavy atom. The lowest BCUT2D eigenvalue weighted by atomic mass is 10.1. The average molecular weight is 376 g/mol. The van der Waals surface area contributed by atoms with E-state index >= 15 is 0 Å². The lowest BCUT2D eigenvalue weighted by Gasteiger charge is -2.26. The van der Waals surface area contributed by atoms with Gasteiger partial charge >= 0.3 is 12.4 Å². The highest BCUT2D eigenvalue weighted by Gasteiger charge is 2.36. The molecule has 0 atom stereocenters. The molecule has 0 saturated heterocycles. The van der Waals surface area contributed by atoms with Crippen molar-refractivity contribution in [2.45, 2.75) is 12.4 Å². The molecule has 0 heterocycles. The first-order valence-electron chi connectivity index (χ1n) is 6.69. The van der Waals surface area contributed by atoms with Crippen LogP contribution in [0.5, 0.6) is 0 Å². The van der Waals surface area contributed by atoms with Gasteiger partial charge in [-0.3, -0.25) is 5.41 Å². The van der Waals surface area contributed by atoms with Crippen LogP contribution in [0.3, 0.4) is 0 Å². The molecule has 0 saturated carbocycles. The summed E-state index contributed by atoms with van der Waals surface area (Å²) in [6.07, 6.45) is -8.13. The van der Waals surface area contributed by atoms with Crippen LogP contribution >= 0.6 is 0 Å². The third kappa shape index (κ3) is 6.36. The van der Waals surface area contributed by atoms with E-state index in [0.29, 0.717) is 11.0 Å². The SMILES string of the molecule is N#C/C=C/OC(=N)CN(CC(F)(F)F)c1ccc(C#N)c(C(F)(F)F)c1. The summed E-state index contributed by atoms with van der Waals surface area (Å²) in [5.41, 5.74) is -2.62. The first-order valence-corrected chi connectivity index (χ1v) is 6.69. The van der Waals surface area contributed by atoms with Crippen molar-refractivity contribution in [3.8, 4) is 12.1 Å². The number of nitrogens with one attached hydrogen (secondary N) is 1. The molecule has 0 aliphatic heterocycles. The van der Waals surface area contributed by atoms with E-state index in [-0.39, 0.29) is 0 Å². The first-order chi connectivity index (χ1) is 12.0. The van der Waals surface area contributed by atoms with Crippen molar-refractivity contribution in [1.29, 1.82) is 15.9 Å². The summed E-state index contributed by atoms with van der Waals surface area (Å²) < 4.78 is 81.8. The molecule has 26 heavy (non-hydrogen) atoms. The van der Waals surface area contributed by atoms with E-state index in [1.807, 2.05) is 0 Å². The maximum absolute atomic E-state index is 13.0. The summed E-state index contributed by atoms with van der Waals surface area (Å²) in [5, 5.41) is 24.4. The molecule has 1 aromatic rings. The van der Waals surface area contributed by atoms with Gasteiger partial charge in [-0.2, -0.15) is 36.9 Å². The Kier molecular flexibility index (Phi) is 6.61. The second-order valence-corrected chi connectivity index (χ2v) is 4.78. The number of anilines is 1. The zero-order valence-electron chi connectivity index (χ0n) is 12.8. The summed E-state index contributed by atoms with van der Waals surface area (Å²) in [6, 6.07) is 4.93. The number of rotatable bonds is 5. The van der Waals surface area contributed by atoms with E-state index in [2.05, 4.69) is 4.74 Å². The van der Waals surface area contributed by atoms with Crippen LogP contribution in [0.1, 0.15) is 11.1 Å². The Hall–Kier alpha value is -3.21. The van der Waals surface area contributed by atoms with Crippen molar-refractivity contribution in [2.75, 3.05) is 18.0 Å². The molecule has 1 N–H and O–H groups in total. The summed E-state index contributed by atoms with van der Waals surface area (Å²) in [7, 11) is 0. The number of halogens is 6. The number of alkyl halides is 6. The van der Waals surface area contributed by atoms with Crippen LogP contribution in [0.2, 0.25) is 0 Å². The summed E-state index contributed by atoms with van der Waals surface area (Å²) >= 11 is 0. The van der Waals surface area contributed by atoms with Crippen molar-refractivity contribution in [1.82, 2.24) is 0 Å². The Bertz CT molecular complexity index is 770. The summed E-state index contributed by atoms with van der Waals surface area (Å²) in [6.45, 7) is -2.46. The first kappa shape index (κ1) is 20.8. The fraction of sp³-hybridized carbons (Fsp3) is 0.267. The van der Waals surface area contributed by atoms with Gasteiger partial charge < -0.3 is 9.64 Å². The van der Waals surface area contributed by atoms with Gasteiger partial charge in [0.25, 0.3) is 0 Å². The number of ether oxygens (including phenoxy) is 1. The number of hydrogen-bond donors (Lipinski definition) is 1. The standard InChI is InChI=1S/C15H10F6N4O/c16-14(17,18)9-25(8-13(24)26-5-1-4-22)11-3-2-10(7-23)12(6-11)15(19,20)21/h1-3,5-6,24H,8-9H2/b5-1+,24-13?. The topological polar surface area (TPSA) is 83.9 Å². The maximum atomic E-state index is 13.0. The molecule has 1 rings (SSSR count). The van der Waals surface area contributed by atoms with E-state index in [0.717, 1.165) is 24.5 Å². The van der Waals surface area contributed by atoms with Gasteiger partial charge in [0.15, 0.2) is 0 Å². The van der Waals surface area contributed by atoms with Gasteiger partial charge in [-0.1, -0.05) is 0 Å². The molecule has 0 amide bonds. The highest BCUT2D eigenvalue weighted by molar-refractivity contribution is 5.79. The number of benzene rings is 1. The van der Waals surface area contributed by atoms with Gasteiger partial charge in [0, 0.05) is 5.69 Å². The molecule has 0 aromatic heterocycles. The lowest BCUT2D eigenvalue weighted by Crippen LogP contribution is -2.38. The third-order valence-electron chi connectivity index (χ3n) is 2.85. The highest BCUT2D eigenvalue weighted by Crippen LogP contribution is 2.35. The molecular formula is C15H10F6N4O. The Labute approximate surface area is 143 Å². The van der Waals surface area contributed by atoms with Crippen molar-refractivity contribution in [3.63, 3.8) is 0 Å².